The van der Waals surface area contributed by atoms with Crippen molar-refractivity contribution in [2.45, 2.75) is 25.3 Å². The van der Waals surface area contributed by atoms with Gasteiger partial charge in [-0.25, -0.2) is 9.78 Å². The Balaban J connectivity index is 1.46. The Morgan fingerprint density at radius 1 is 1.37 bits per heavy atom. The van der Waals surface area contributed by atoms with E-state index >= 15 is 0 Å². The van der Waals surface area contributed by atoms with Crippen LogP contribution < -0.4 is 10.2 Å². The van der Waals surface area contributed by atoms with Crippen LogP contribution in [0.15, 0.2) is 53.4 Å². The van der Waals surface area contributed by atoms with Crippen molar-refractivity contribution in [3.8, 4) is 0 Å². The molecule has 0 bridgehead atoms. The molecule has 1 atom stereocenters. The van der Waals surface area contributed by atoms with Crippen LogP contribution in [0.5, 0.6) is 0 Å². The van der Waals surface area contributed by atoms with Crippen molar-refractivity contribution < 1.29 is 14.0 Å². The summed E-state index contributed by atoms with van der Waals surface area (Å²) in [6, 6.07) is 7.92. The lowest BCUT2D eigenvalue weighted by molar-refractivity contribution is -0.120. The zero-order chi connectivity index (χ0) is 21.3. The van der Waals surface area contributed by atoms with Crippen LogP contribution in [0.1, 0.15) is 23.1 Å². The number of hydrogen-bond donors (Lipinski definition) is 1. The van der Waals surface area contributed by atoms with E-state index in [0.29, 0.717) is 24.0 Å². The number of anilines is 1. The molecule has 0 fully saturated rings. The number of carbonyl (C=O) groups is 2. The van der Waals surface area contributed by atoms with Gasteiger partial charge >= 0.3 is 6.03 Å². The van der Waals surface area contributed by atoms with Crippen LogP contribution in [-0.2, 0) is 17.6 Å². The maximum absolute atomic E-state index is 13.7. The van der Waals surface area contributed by atoms with E-state index in [4.69, 9.17) is 0 Å². The highest BCUT2D eigenvalue weighted by Crippen LogP contribution is 2.29. The lowest BCUT2D eigenvalue weighted by atomic mass is 10.1. The number of benzene rings is 1. The number of carbonyl (C=O) groups excluding carboxylic acids is 2. The Morgan fingerprint density at radius 2 is 2.20 bits per heavy atom. The van der Waals surface area contributed by atoms with Crippen LogP contribution in [0, 0.1) is 5.95 Å². The Kier molecular flexibility index (Phi) is 5.63. The lowest BCUT2D eigenvalue weighted by Gasteiger charge is -2.22. The zero-order valence-corrected chi connectivity index (χ0v) is 17.8. The van der Waals surface area contributed by atoms with Crippen molar-refractivity contribution in [3.05, 3.63) is 76.0 Å². The monoisotopic (exact) mass is 471 g/mol. The molecule has 0 saturated heterocycles. The smallest absolute Gasteiger partial charge is 0.324 e. The second-order valence-electron chi connectivity index (χ2n) is 7.13. The van der Waals surface area contributed by atoms with E-state index < -0.39 is 18.0 Å². The summed E-state index contributed by atoms with van der Waals surface area (Å²) in [7, 11) is 1.70. The Morgan fingerprint density at radius 3 is 3.00 bits per heavy atom. The summed E-state index contributed by atoms with van der Waals surface area (Å²) in [5.41, 5.74) is 2.96. The second-order valence-corrected chi connectivity index (χ2v) is 8.05. The van der Waals surface area contributed by atoms with E-state index in [1.165, 1.54) is 18.6 Å². The summed E-state index contributed by atoms with van der Waals surface area (Å²) >= 11 is 3.43. The molecule has 1 N–H and O–H groups in total. The molecule has 1 aromatic carbocycles. The number of hydrogen-bond acceptors (Lipinski definition) is 4. The zero-order valence-electron chi connectivity index (χ0n) is 16.2. The number of amides is 2. The molecular formula is C21H19BrFN5O2. The molecule has 0 saturated carbocycles. The molecule has 7 nitrogen and oxygen atoms in total. The Hall–Kier alpha value is -3.07. The summed E-state index contributed by atoms with van der Waals surface area (Å²) < 4.78 is 15.8. The average Bonchev–Trinajstić information content (AvgIpc) is 3.17. The van der Waals surface area contributed by atoms with Crippen molar-refractivity contribution in [2.75, 3.05) is 11.9 Å². The molecule has 2 amide bonds. The fraction of sp³-hybridized carbons (Fsp3) is 0.238. The molecule has 3 aromatic rings. The average molecular weight is 472 g/mol. The van der Waals surface area contributed by atoms with Crippen LogP contribution in [-0.4, -0.2) is 39.8 Å². The predicted octanol–water partition coefficient (Wildman–Crippen LogP) is 3.31. The molecule has 30 heavy (non-hydrogen) atoms. The number of rotatable bonds is 3. The minimum absolute atomic E-state index is 0.190. The summed E-state index contributed by atoms with van der Waals surface area (Å²) in [4.78, 5) is 30.7. The summed E-state index contributed by atoms with van der Waals surface area (Å²) in [5, 5.41) is 6.82. The molecular weight excluding hydrogens is 453 g/mol. The van der Waals surface area contributed by atoms with Crippen LogP contribution >= 0.6 is 15.9 Å². The molecule has 0 spiro atoms. The third-order valence-electron chi connectivity index (χ3n) is 5.11. The number of pyridine rings is 1. The predicted molar refractivity (Wildman–Crippen MR) is 113 cm³/mol. The Bertz CT molecular complexity index is 1120. The first-order chi connectivity index (χ1) is 14.4. The van der Waals surface area contributed by atoms with E-state index in [1.807, 2.05) is 18.2 Å². The molecule has 4 rings (SSSR count). The largest absolute Gasteiger partial charge is 0.342 e. The fourth-order valence-corrected chi connectivity index (χ4v) is 3.87. The number of aromatic nitrogens is 3. The molecule has 1 aliphatic heterocycles. The van der Waals surface area contributed by atoms with Gasteiger partial charge in [-0.1, -0.05) is 28.1 Å². The maximum atomic E-state index is 13.7. The SMILES string of the molecule is CN1C(=O)[C@H](NC(=O)n2cc(Cc3cccnc3F)cn2)CCc2ccc(Br)cc21. The number of halogens is 2. The first-order valence-electron chi connectivity index (χ1n) is 9.42. The summed E-state index contributed by atoms with van der Waals surface area (Å²) in [5.74, 6) is -0.738. The number of likely N-dealkylation sites (N-methyl/N-ethyl adjacent to an activating group) is 1. The lowest BCUT2D eigenvalue weighted by Crippen LogP contribution is -2.48. The van der Waals surface area contributed by atoms with Crippen LogP contribution in [0.3, 0.4) is 0 Å². The standard InChI is InChI=1S/C21H19BrFN5O2/c1-27-18-10-16(22)6-4-14(18)5-7-17(20(27)29)26-21(30)28-12-13(11-25-28)9-15-3-2-8-24-19(15)23/h2-4,6,8,10-12,17H,5,7,9H2,1H3,(H,26,30)/t17-/m1/s1. The van der Waals surface area contributed by atoms with Gasteiger partial charge < -0.3 is 10.2 Å². The molecule has 154 valence electrons. The van der Waals surface area contributed by atoms with Gasteiger partial charge in [0.1, 0.15) is 6.04 Å². The van der Waals surface area contributed by atoms with Gasteiger partial charge in [-0.2, -0.15) is 14.2 Å². The topological polar surface area (TPSA) is 80.1 Å². The molecule has 0 unspecified atom stereocenters. The van der Waals surface area contributed by atoms with Gasteiger partial charge in [0, 0.05) is 41.6 Å². The molecule has 0 aliphatic carbocycles. The van der Waals surface area contributed by atoms with Crippen LogP contribution in [0.4, 0.5) is 14.9 Å². The number of nitrogens with one attached hydrogen (secondary N) is 1. The quantitative estimate of drug-likeness (QED) is 0.594. The molecule has 0 radical (unpaired) electrons. The van der Waals surface area contributed by atoms with Crippen LogP contribution in [0.2, 0.25) is 0 Å². The van der Waals surface area contributed by atoms with Gasteiger partial charge in [0.15, 0.2) is 0 Å². The second kappa shape index (κ2) is 8.35. The first-order valence-corrected chi connectivity index (χ1v) is 10.2. The van der Waals surface area contributed by atoms with Crippen molar-refractivity contribution in [2.24, 2.45) is 0 Å². The normalized spacial score (nSPS) is 16.2. The van der Waals surface area contributed by atoms with Crippen LogP contribution in [0.25, 0.3) is 0 Å². The maximum Gasteiger partial charge on any atom is 0.342 e. The number of fused-ring (bicyclic) bond motifs is 1. The highest BCUT2D eigenvalue weighted by atomic mass is 79.9. The van der Waals surface area contributed by atoms with Gasteiger partial charge in [0.2, 0.25) is 11.9 Å². The van der Waals surface area contributed by atoms with Gasteiger partial charge in [-0.05, 0) is 42.2 Å². The van der Waals surface area contributed by atoms with Gasteiger partial charge in [-0.3, -0.25) is 4.79 Å². The molecule has 1 aliphatic rings. The highest BCUT2D eigenvalue weighted by molar-refractivity contribution is 9.10. The van der Waals surface area contributed by atoms with E-state index in [1.54, 1.807) is 24.1 Å². The third-order valence-corrected chi connectivity index (χ3v) is 5.61. The minimum atomic E-state index is -0.669. The van der Waals surface area contributed by atoms with E-state index in [2.05, 4.69) is 31.3 Å². The first kappa shape index (κ1) is 20.2. The minimum Gasteiger partial charge on any atom is -0.324 e. The molecule has 2 aromatic heterocycles. The fourth-order valence-electron chi connectivity index (χ4n) is 3.52. The summed E-state index contributed by atoms with van der Waals surface area (Å²) in [6.45, 7) is 0. The van der Waals surface area contributed by atoms with E-state index in [9.17, 15) is 14.0 Å². The van der Waals surface area contributed by atoms with Gasteiger partial charge in [-0.15, -0.1) is 0 Å². The van der Waals surface area contributed by atoms with Crippen molar-refractivity contribution in [3.63, 3.8) is 0 Å². The Labute approximate surface area is 181 Å². The number of aryl methyl sites for hydroxylation is 1. The number of nitrogens with zero attached hydrogens (tertiary/aromatic N) is 4. The van der Waals surface area contributed by atoms with Gasteiger partial charge in [0.05, 0.1) is 6.20 Å². The van der Waals surface area contributed by atoms with Gasteiger partial charge in [0.25, 0.3) is 0 Å². The summed E-state index contributed by atoms with van der Waals surface area (Å²) in [6.07, 6.45) is 5.82. The van der Waals surface area contributed by atoms with E-state index in [0.717, 1.165) is 20.4 Å². The molecule has 9 heteroatoms. The van der Waals surface area contributed by atoms with Crippen molar-refractivity contribution in [1.82, 2.24) is 20.1 Å². The van der Waals surface area contributed by atoms with E-state index in [-0.39, 0.29) is 12.3 Å². The van der Waals surface area contributed by atoms with Crippen molar-refractivity contribution in [1.29, 1.82) is 0 Å². The third kappa shape index (κ3) is 4.11. The molecule has 3 heterocycles. The highest BCUT2D eigenvalue weighted by Gasteiger charge is 2.30. The van der Waals surface area contributed by atoms with Crippen molar-refractivity contribution >= 4 is 33.6 Å².